The minimum absolute atomic E-state index is 0.0717. The lowest BCUT2D eigenvalue weighted by atomic mass is 9.89. The van der Waals surface area contributed by atoms with Crippen molar-refractivity contribution in [3.63, 3.8) is 0 Å². The highest BCUT2D eigenvalue weighted by Gasteiger charge is 2.39. The van der Waals surface area contributed by atoms with Crippen molar-refractivity contribution < 1.29 is 9.53 Å². The van der Waals surface area contributed by atoms with Crippen molar-refractivity contribution in [3.8, 4) is 0 Å². The van der Waals surface area contributed by atoms with E-state index < -0.39 is 0 Å². The molecule has 5 nitrogen and oxygen atoms in total. The van der Waals surface area contributed by atoms with Gasteiger partial charge in [-0.05, 0) is 44.7 Å². The molecule has 22 heavy (non-hydrogen) atoms. The predicted octanol–water partition coefficient (Wildman–Crippen LogP) is 2.74. The topological polar surface area (TPSA) is 63.2 Å². The van der Waals surface area contributed by atoms with Crippen LogP contribution in [0.5, 0.6) is 0 Å². The molecule has 1 spiro atoms. The molecule has 0 radical (unpaired) electrons. The van der Waals surface area contributed by atoms with E-state index in [1.54, 1.807) is 6.20 Å². The van der Waals surface area contributed by atoms with Crippen LogP contribution >= 0.6 is 0 Å². The molecule has 1 amide bonds. The molecule has 0 bridgehead atoms. The van der Waals surface area contributed by atoms with E-state index in [4.69, 9.17) is 4.74 Å². The van der Waals surface area contributed by atoms with E-state index in [1.165, 1.54) is 25.7 Å². The fourth-order valence-electron chi connectivity index (χ4n) is 3.60. The standard InChI is InChI=1S/C17H25N3O2/c1-2-18-16(21)13-5-6-15(19-12-13)20-14-7-10-22-17(11-14)8-3-4-9-17/h5-6,12,14H,2-4,7-11H2,1H3,(H,18,21)(H,19,20). The summed E-state index contributed by atoms with van der Waals surface area (Å²) < 4.78 is 6.06. The summed E-state index contributed by atoms with van der Waals surface area (Å²) in [6.45, 7) is 3.36. The monoisotopic (exact) mass is 303 g/mol. The maximum Gasteiger partial charge on any atom is 0.252 e. The molecule has 1 saturated heterocycles. The quantitative estimate of drug-likeness (QED) is 0.898. The molecule has 120 valence electrons. The van der Waals surface area contributed by atoms with Gasteiger partial charge in [0.25, 0.3) is 5.91 Å². The molecule has 1 aliphatic carbocycles. The zero-order valence-corrected chi connectivity index (χ0v) is 13.2. The molecule has 1 aliphatic heterocycles. The maximum absolute atomic E-state index is 11.7. The molecular formula is C17H25N3O2. The molecule has 2 fully saturated rings. The maximum atomic E-state index is 11.7. The Morgan fingerprint density at radius 2 is 2.23 bits per heavy atom. The number of hydrogen-bond donors (Lipinski definition) is 2. The largest absolute Gasteiger partial charge is 0.375 e. The summed E-state index contributed by atoms with van der Waals surface area (Å²) in [5, 5.41) is 6.29. The van der Waals surface area contributed by atoms with Crippen molar-refractivity contribution in [3.05, 3.63) is 23.9 Å². The average molecular weight is 303 g/mol. The van der Waals surface area contributed by atoms with Gasteiger partial charge in [0.2, 0.25) is 0 Å². The van der Waals surface area contributed by atoms with Gasteiger partial charge < -0.3 is 15.4 Å². The highest BCUT2D eigenvalue weighted by Crippen LogP contribution is 2.40. The summed E-state index contributed by atoms with van der Waals surface area (Å²) in [5.74, 6) is 0.769. The molecule has 1 atom stereocenters. The number of ether oxygens (including phenoxy) is 1. The van der Waals surface area contributed by atoms with Gasteiger partial charge >= 0.3 is 0 Å². The van der Waals surface area contributed by atoms with E-state index in [0.717, 1.165) is 25.3 Å². The van der Waals surface area contributed by atoms with Gasteiger partial charge in [-0.25, -0.2) is 4.98 Å². The Bertz CT molecular complexity index is 509. The third kappa shape index (κ3) is 3.40. The number of amides is 1. The van der Waals surface area contributed by atoms with Crippen LogP contribution in [0.2, 0.25) is 0 Å². The van der Waals surface area contributed by atoms with Gasteiger partial charge in [0, 0.05) is 25.4 Å². The molecule has 1 aromatic heterocycles. The zero-order chi connectivity index (χ0) is 15.4. The number of nitrogens with zero attached hydrogens (tertiary/aromatic N) is 1. The second kappa shape index (κ2) is 6.65. The molecule has 0 aromatic carbocycles. The van der Waals surface area contributed by atoms with Crippen LogP contribution in [-0.4, -0.2) is 35.7 Å². The first-order valence-electron chi connectivity index (χ1n) is 8.35. The molecular weight excluding hydrogens is 278 g/mol. The predicted molar refractivity (Wildman–Crippen MR) is 86.0 cm³/mol. The van der Waals surface area contributed by atoms with Gasteiger partial charge in [0.15, 0.2) is 0 Å². The lowest BCUT2D eigenvalue weighted by molar-refractivity contribution is -0.0767. The minimum Gasteiger partial charge on any atom is -0.375 e. The molecule has 1 saturated carbocycles. The van der Waals surface area contributed by atoms with Crippen LogP contribution in [0.25, 0.3) is 0 Å². The van der Waals surface area contributed by atoms with E-state index in [2.05, 4.69) is 15.6 Å². The molecule has 1 aromatic rings. The summed E-state index contributed by atoms with van der Waals surface area (Å²) in [5.41, 5.74) is 0.711. The van der Waals surface area contributed by atoms with Gasteiger partial charge in [-0.2, -0.15) is 0 Å². The van der Waals surface area contributed by atoms with Crippen molar-refractivity contribution in [2.24, 2.45) is 0 Å². The summed E-state index contributed by atoms with van der Waals surface area (Å²) in [4.78, 5) is 16.1. The van der Waals surface area contributed by atoms with E-state index in [0.29, 0.717) is 18.2 Å². The number of aromatic nitrogens is 1. The number of carbonyl (C=O) groups is 1. The fraction of sp³-hybridized carbons (Fsp3) is 0.647. The molecule has 2 N–H and O–H groups in total. The third-order valence-corrected chi connectivity index (χ3v) is 4.72. The SMILES string of the molecule is CCNC(=O)c1ccc(NC2CCOC3(CCCC3)C2)nc1. The number of anilines is 1. The van der Waals surface area contributed by atoms with Gasteiger partial charge in [-0.15, -0.1) is 0 Å². The van der Waals surface area contributed by atoms with Gasteiger partial charge in [0.05, 0.1) is 11.2 Å². The fourth-order valence-corrected chi connectivity index (χ4v) is 3.60. The van der Waals surface area contributed by atoms with E-state index in [1.807, 2.05) is 19.1 Å². The van der Waals surface area contributed by atoms with E-state index >= 15 is 0 Å². The Morgan fingerprint density at radius 1 is 1.41 bits per heavy atom. The zero-order valence-electron chi connectivity index (χ0n) is 13.2. The third-order valence-electron chi connectivity index (χ3n) is 4.72. The number of rotatable bonds is 4. The van der Waals surface area contributed by atoms with Crippen LogP contribution in [0, 0.1) is 0 Å². The number of nitrogens with one attached hydrogen (secondary N) is 2. The van der Waals surface area contributed by atoms with Gasteiger partial charge in [-0.3, -0.25) is 4.79 Å². The smallest absolute Gasteiger partial charge is 0.252 e. The molecule has 1 unspecified atom stereocenters. The summed E-state index contributed by atoms with van der Waals surface area (Å²) in [6, 6.07) is 4.13. The Balaban J connectivity index is 1.59. The molecule has 2 heterocycles. The highest BCUT2D eigenvalue weighted by atomic mass is 16.5. The lowest BCUT2D eigenvalue weighted by Crippen LogP contribution is -2.42. The minimum atomic E-state index is -0.0717. The first kappa shape index (κ1) is 15.3. The van der Waals surface area contributed by atoms with Crippen LogP contribution in [0.15, 0.2) is 18.3 Å². The van der Waals surface area contributed by atoms with Crippen LogP contribution < -0.4 is 10.6 Å². The Labute approximate surface area is 131 Å². The van der Waals surface area contributed by atoms with Crippen molar-refractivity contribution in [1.29, 1.82) is 0 Å². The number of hydrogen-bond acceptors (Lipinski definition) is 4. The number of pyridine rings is 1. The molecule has 2 aliphatic rings. The van der Waals surface area contributed by atoms with Crippen molar-refractivity contribution in [2.45, 2.75) is 57.1 Å². The first-order valence-corrected chi connectivity index (χ1v) is 8.35. The van der Waals surface area contributed by atoms with Crippen LogP contribution in [0.3, 0.4) is 0 Å². The van der Waals surface area contributed by atoms with Gasteiger partial charge in [-0.1, -0.05) is 12.8 Å². The second-order valence-corrected chi connectivity index (χ2v) is 6.36. The summed E-state index contributed by atoms with van der Waals surface area (Å²) >= 11 is 0. The van der Waals surface area contributed by atoms with E-state index in [-0.39, 0.29) is 11.5 Å². The molecule has 3 rings (SSSR count). The van der Waals surface area contributed by atoms with E-state index in [9.17, 15) is 4.79 Å². The average Bonchev–Trinajstić information content (AvgIpc) is 2.96. The summed E-state index contributed by atoms with van der Waals surface area (Å²) in [6.07, 6.45) is 8.66. The van der Waals surface area contributed by atoms with Crippen LogP contribution in [-0.2, 0) is 4.74 Å². The Kier molecular flexibility index (Phi) is 4.62. The summed E-state index contributed by atoms with van der Waals surface area (Å²) in [7, 11) is 0. The Hall–Kier alpha value is -1.62. The van der Waals surface area contributed by atoms with Crippen LogP contribution in [0.4, 0.5) is 5.82 Å². The molecule has 5 heteroatoms. The second-order valence-electron chi connectivity index (χ2n) is 6.36. The highest BCUT2D eigenvalue weighted by molar-refractivity contribution is 5.93. The number of carbonyl (C=O) groups excluding carboxylic acids is 1. The van der Waals surface area contributed by atoms with Crippen molar-refractivity contribution in [2.75, 3.05) is 18.5 Å². The van der Waals surface area contributed by atoms with Gasteiger partial charge in [0.1, 0.15) is 5.82 Å². The normalized spacial score (nSPS) is 23.4. The lowest BCUT2D eigenvalue weighted by Gasteiger charge is -2.38. The van der Waals surface area contributed by atoms with Crippen molar-refractivity contribution in [1.82, 2.24) is 10.3 Å². The Morgan fingerprint density at radius 3 is 2.91 bits per heavy atom. The van der Waals surface area contributed by atoms with Crippen LogP contribution in [0.1, 0.15) is 55.8 Å². The van der Waals surface area contributed by atoms with Crippen molar-refractivity contribution >= 4 is 11.7 Å². The first-order chi connectivity index (χ1) is 10.7.